The molecular formula is C13H13NO3. The van der Waals surface area contributed by atoms with Crippen LogP contribution >= 0.6 is 0 Å². The molecule has 0 radical (unpaired) electrons. The number of nitrogens with one attached hydrogen (secondary N) is 1. The summed E-state index contributed by atoms with van der Waals surface area (Å²) >= 11 is 0. The number of carbonyl (C=O) groups is 2. The molecule has 0 spiro atoms. The van der Waals surface area contributed by atoms with Crippen molar-refractivity contribution in [3.05, 3.63) is 29.8 Å². The van der Waals surface area contributed by atoms with Gasteiger partial charge in [-0.25, -0.2) is 0 Å². The topological polar surface area (TPSA) is 55.4 Å². The number of amides is 1. The molecule has 1 amide bonds. The fourth-order valence-corrected chi connectivity index (χ4v) is 1.20. The van der Waals surface area contributed by atoms with Crippen molar-refractivity contribution in [2.75, 3.05) is 13.7 Å². The van der Waals surface area contributed by atoms with Crippen LogP contribution in [0, 0.1) is 11.8 Å². The fourth-order valence-electron chi connectivity index (χ4n) is 1.20. The summed E-state index contributed by atoms with van der Waals surface area (Å²) in [7, 11) is 1.56. The molecule has 0 aromatic heterocycles. The zero-order valence-electron chi connectivity index (χ0n) is 9.74. The third-order valence-electron chi connectivity index (χ3n) is 2.06. The number of benzene rings is 1. The first kappa shape index (κ1) is 12.8. The molecule has 4 heteroatoms. The summed E-state index contributed by atoms with van der Waals surface area (Å²) in [6, 6.07) is 6.69. The minimum Gasteiger partial charge on any atom is -0.497 e. The highest BCUT2D eigenvalue weighted by atomic mass is 16.5. The Balaban J connectivity index is 2.57. The van der Waals surface area contributed by atoms with E-state index in [1.807, 2.05) is 0 Å². The van der Waals surface area contributed by atoms with Crippen molar-refractivity contribution in [2.45, 2.75) is 6.92 Å². The molecule has 0 aliphatic heterocycles. The van der Waals surface area contributed by atoms with Gasteiger partial charge in [0.1, 0.15) is 5.75 Å². The number of ether oxygens (including phenoxy) is 1. The molecule has 0 saturated carbocycles. The van der Waals surface area contributed by atoms with Gasteiger partial charge in [0.2, 0.25) is 0 Å². The third kappa shape index (κ3) is 3.99. The van der Waals surface area contributed by atoms with E-state index in [1.165, 1.54) is 0 Å². The minimum atomic E-state index is -0.450. The Morgan fingerprint density at radius 1 is 1.29 bits per heavy atom. The van der Waals surface area contributed by atoms with Crippen LogP contribution in [0.4, 0.5) is 0 Å². The average Bonchev–Trinajstić information content (AvgIpc) is 2.36. The number of Topliss-reactive ketones (excluding diaryl/α,β-unsaturated/α-hetero) is 1. The van der Waals surface area contributed by atoms with Crippen LogP contribution in [0.1, 0.15) is 17.3 Å². The van der Waals surface area contributed by atoms with Gasteiger partial charge in [0.15, 0.2) is 5.78 Å². The number of hydrogen-bond donors (Lipinski definition) is 1. The van der Waals surface area contributed by atoms with Crippen LogP contribution in [0.2, 0.25) is 0 Å². The standard InChI is InChI=1S/C13H13NO3/c1-3-4-13(16)14-9-12(15)10-5-7-11(17-2)8-6-10/h5-8H,9H2,1-2H3,(H,14,16). The molecule has 0 aliphatic carbocycles. The van der Waals surface area contributed by atoms with Crippen molar-refractivity contribution in [3.63, 3.8) is 0 Å². The molecule has 1 rings (SSSR count). The summed E-state index contributed by atoms with van der Waals surface area (Å²) in [6.07, 6.45) is 0. The first-order valence-corrected chi connectivity index (χ1v) is 5.05. The van der Waals surface area contributed by atoms with E-state index in [1.54, 1.807) is 38.3 Å². The predicted octanol–water partition coefficient (Wildman–Crippen LogP) is 1.02. The third-order valence-corrected chi connectivity index (χ3v) is 2.06. The molecule has 1 aromatic rings. The molecule has 4 nitrogen and oxygen atoms in total. The number of ketones is 1. The Morgan fingerprint density at radius 2 is 1.94 bits per heavy atom. The Hall–Kier alpha value is -2.28. The van der Waals surface area contributed by atoms with Gasteiger partial charge in [0.25, 0.3) is 5.91 Å². The molecule has 1 aromatic carbocycles. The highest BCUT2D eigenvalue weighted by molar-refractivity contribution is 6.01. The maximum Gasteiger partial charge on any atom is 0.296 e. The molecule has 0 unspecified atom stereocenters. The Morgan fingerprint density at radius 3 is 2.47 bits per heavy atom. The van der Waals surface area contributed by atoms with Gasteiger partial charge in [-0.05, 0) is 37.1 Å². The van der Waals surface area contributed by atoms with Gasteiger partial charge in [-0.3, -0.25) is 9.59 Å². The van der Waals surface area contributed by atoms with Crippen molar-refractivity contribution in [3.8, 4) is 17.6 Å². The van der Waals surface area contributed by atoms with E-state index < -0.39 is 5.91 Å². The molecule has 88 valence electrons. The van der Waals surface area contributed by atoms with Gasteiger partial charge in [0.05, 0.1) is 13.7 Å². The second kappa shape index (κ2) is 6.33. The van der Waals surface area contributed by atoms with Gasteiger partial charge in [0, 0.05) is 5.56 Å². The quantitative estimate of drug-likeness (QED) is 0.621. The minimum absolute atomic E-state index is 0.0557. The number of rotatable bonds is 4. The maximum atomic E-state index is 11.6. The summed E-state index contributed by atoms with van der Waals surface area (Å²) in [4.78, 5) is 22.7. The van der Waals surface area contributed by atoms with Crippen LogP contribution in [-0.4, -0.2) is 25.3 Å². The molecular weight excluding hydrogens is 218 g/mol. The zero-order valence-corrected chi connectivity index (χ0v) is 9.74. The monoisotopic (exact) mass is 231 g/mol. The SMILES string of the molecule is CC#CC(=O)NCC(=O)c1ccc(OC)cc1. The lowest BCUT2D eigenvalue weighted by atomic mass is 10.1. The Labute approximate surface area is 100.0 Å². The van der Waals surface area contributed by atoms with Gasteiger partial charge >= 0.3 is 0 Å². The molecule has 0 heterocycles. The van der Waals surface area contributed by atoms with Crippen LogP contribution in [0.25, 0.3) is 0 Å². The van der Waals surface area contributed by atoms with Crippen molar-refractivity contribution in [2.24, 2.45) is 0 Å². The van der Waals surface area contributed by atoms with E-state index in [9.17, 15) is 9.59 Å². The van der Waals surface area contributed by atoms with Crippen molar-refractivity contribution in [1.82, 2.24) is 5.32 Å². The van der Waals surface area contributed by atoms with E-state index in [-0.39, 0.29) is 12.3 Å². The highest BCUT2D eigenvalue weighted by Crippen LogP contribution is 2.11. The van der Waals surface area contributed by atoms with Crippen LogP contribution in [0.15, 0.2) is 24.3 Å². The summed E-state index contributed by atoms with van der Waals surface area (Å²) < 4.78 is 4.98. The Bertz CT molecular complexity index is 466. The van der Waals surface area contributed by atoms with E-state index in [0.29, 0.717) is 11.3 Å². The molecule has 0 aliphatic rings. The van der Waals surface area contributed by atoms with E-state index in [0.717, 1.165) is 0 Å². The van der Waals surface area contributed by atoms with E-state index >= 15 is 0 Å². The molecule has 1 N–H and O–H groups in total. The summed E-state index contributed by atoms with van der Waals surface area (Å²) in [6.45, 7) is 1.50. The van der Waals surface area contributed by atoms with Crippen LogP contribution < -0.4 is 10.1 Å². The molecule has 0 saturated heterocycles. The zero-order chi connectivity index (χ0) is 12.7. The van der Waals surface area contributed by atoms with Gasteiger partial charge in [-0.15, -0.1) is 0 Å². The van der Waals surface area contributed by atoms with Crippen LogP contribution in [-0.2, 0) is 4.79 Å². The first-order valence-electron chi connectivity index (χ1n) is 5.05. The largest absolute Gasteiger partial charge is 0.497 e. The molecule has 0 fully saturated rings. The molecule has 0 atom stereocenters. The van der Waals surface area contributed by atoms with E-state index in [4.69, 9.17) is 4.74 Å². The Kier molecular flexibility index (Phi) is 4.77. The normalized spacial score (nSPS) is 8.82. The van der Waals surface area contributed by atoms with Gasteiger partial charge in [-0.2, -0.15) is 0 Å². The smallest absolute Gasteiger partial charge is 0.296 e. The fraction of sp³-hybridized carbons (Fsp3) is 0.231. The number of methoxy groups -OCH3 is 1. The summed E-state index contributed by atoms with van der Waals surface area (Å²) in [5.41, 5.74) is 0.524. The van der Waals surface area contributed by atoms with Gasteiger partial charge < -0.3 is 10.1 Å². The number of hydrogen-bond acceptors (Lipinski definition) is 3. The lowest BCUT2D eigenvalue weighted by Gasteiger charge is -2.03. The van der Waals surface area contributed by atoms with Crippen LogP contribution in [0.3, 0.4) is 0 Å². The van der Waals surface area contributed by atoms with Crippen molar-refractivity contribution in [1.29, 1.82) is 0 Å². The first-order chi connectivity index (χ1) is 8.17. The second-order valence-corrected chi connectivity index (χ2v) is 3.21. The van der Waals surface area contributed by atoms with E-state index in [2.05, 4.69) is 17.2 Å². The lowest BCUT2D eigenvalue weighted by molar-refractivity contribution is -0.115. The average molecular weight is 231 g/mol. The highest BCUT2D eigenvalue weighted by Gasteiger charge is 2.06. The predicted molar refractivity (Wildman–Crippen MR) is 63.8 cm³/mol. The summed E-state index contributed by atoms with van der Waals surface area (Å²) in [5, 5.41) is 2.42. The van der Waals surface area contributed by atoms with Gasteiger partial charge in [-0.1, -0.05) is 5.92 Å². The lowest BCUT2D eigenvalue weighted by Crippen LogP contribution is -2.28. The maximum absolute atomic E-state index is 11.6. The molecule has 17 heavy (non-hydrogen) atoms. The van der Waals surface area contributed by atoms with Crippen LogP contribution in [0.5, 0.6) is 5.75 Å². The van der Waals surface area contributed by atoms with Crippen molar-refractivity contribution < 1.29 is 14.3 Å². The molecule has 0 bridgehead atoms. The summed E-state index contributed by atoms with van der Waals surface area (Å²) in [5.74, 6) is 4.82. The van der Waals surface area contributed by atoms with Crippen molar-refractivity contribution >= 4 is 11.7 Å². The number of carbonyl (C=O) groups excluding carboxylic acids is 2. The second-order valence-electron chi connectivity index (χ2n) is 3.21.